The molecule has 3 nitrogen and oxygen atoms in total. The maximum absolute atomic E-state index is 5.37. The molecule has 100 valence electrons. The van der Waals surface area contributed by atoms with Gasteiger partial charge in [-0.3, -0.25) is 0 Å². The topological polar surface area (TPSA) is 34.2 Å². The number of nitrogens with zero attached hydrogens (tertiary/aromatic N) is 1. The highest BCUT2D eigenvalue weighted by Crippen LogP contribution is 2.27. The first-order chi connectivity index (χ1) is 8.47. The Hall–Kier alpha value is -1.09. The van der Waals surface area contributed by atoms with Crippen molar-refractivity contribution in [2.75, 3.05) is 18.5 Å². The number of rotatable bonds is 2. The van der Waals surface area contributed by atoms with Crippen LogP contribution in [0.25, 0.3) is 0 Å². The summed E-state index contributed by atoms with van der Waals surface area (Å²) in [5, 5.41) is 3.53. The predicted molar refractivity (Wildman–Crippen MR) is 75.1 cm³/mol. The van der Waals surface area contributed by atoms with E-state index in [1.807, 2.05) is 6.20 Å². The minimum absolute atomic E-state index is 0.166. The molecular weight excluding hydrogens is 224 g/mol. The van der Waals surface area contributed by atoms with E-state index in [2.05, 4.69) is 44.1 Å². The molecular formula is C15H24N2O. The van der Waals surface area contributed by atoms with E-state index in [-0.39, 0.29) is 5.41 Å². The van der Waals surface area contributed by atoms with Gasteiger partial charge >= 0.3 is 0 Å². The number of hydrogen-bond acceptors (Lipinski definition) is 3. The van der Waals surface area contributed by atoms with Crippen LogP contribution in [0.15, 0.2) is 12.3 Å². The van der Waals surface area contributed by atoms with Crippen molar-refractivity contribution >= 4 is 5.82 Å². The molecule has 1 aromatic heterocycles. The summed E-state index contributed by atoms with van der Waals surface area (Å²) >= 11 is 0. The van der Waals surface area contributed by atoms with Gasteiger partial charge in [-0.15, -0.1) is 0 Å². The van der Waals surface area contributed by atoms with Crippen LogP contribution in [0, 0.1) is 6.92 Å². The molecule has 1 aliphatic rings. The number of ether oxygens (including phenoxy) is 1. The molecule has 0 saturated carbocycles. The molecule has 18 heavy (non-hydrogen) atoms. The second-order valence-electron chi connectivity index (χ2n) is 6.17. The summed E-state index contributed by atoms with van der Waals surface area (Å²) in [4.78, 5) is 4.49. The lowest BCUT2D eigenvalue weighted by Gasteiger charge is -2.26. The molecule has 2 heterocycles. The zero-order chi connectivity index (χ0) is 13.2. The lowest BCUT2D eigenvalue weighted by Crippen LogP contribution is -2.28. The van der Waals surface area contributed by atoms with Gasteiger partial charge in [0.15, 0.2) is 0 Å². The van der Waals surface area contributed by atoms with Crippen LogP contribution in [0.1, 0.15) is 44.7 Å². The monoisotopic (exact) mass is 248 g/mol. The second-order valence-corrected chi connectivity index (χ2v) is 6.17. The molecule has 0 atom stereocenters. The van der Waals surface area contributed by atoms with Crippen molar-refractivity contribution < 1.29 is 4.74 Å². The third-order valence-electron chi connectivity index (χ3n) is 3.48. The van der Waals surface area contributed by atoms with Gasteiger partial charge in [0.2, 0.25) is 0 Å². The van der Waals surface area contributed by atoms with E-state index in [0.717, 1.165) is 31.9 Å². The van der Waals surface area contributed by atoms with E-state index in [1.165, 1.54) is 11.1 Å². The molecule has 0 spiro atoms. The van der Waals surface area contributed by atoms with E-state index in [9.17, 15) is 0 Å². The molecule has 1 aromatic rings. The number of anilines is 1. The van der Waals surface area contributed by atoms with Crippen molar-refractivity contribution in [3.05, 3.63) is 23.4 Å². The van der Waals surface area contributed by atoms with Gasteiger partial charge in [0, 0.05) is 25.5 Å². The average Bonchev–Trinajstić information content (AvgIpc) is 2.31. The molecule has 1 fully saturated rings. The highest BCUT2D eigenvalue weighted by Gasteiger charge is 2.19. The molecule has 2 rings (SSSR count). The Balaban J connectivity index is 2.14. The molecule has 0 bridgehead atoms. The number of aryl methyl sites for hydroxylation is 1. The summed E-state index contributed by atoms with van der Waals surface area (Å²) in [6.07, 6.45) is 4.11. The van der Waals surface area contributed by atoms with Gasteiger partial charge in [0.25, 0.3) is 0 Å². The molecule has 1 N–H and O–H groups in total. The Morgan fingerprint density at radius 2 is 1.94 bits per heavy atom. The third kappa shape index (κ3) is 3.22. The highest BCUT2D eigenvalue weighted by atomic mass is 16.5. The smallest absolute Gasteiger partial charge is 0.126 e. The lowest BCUT2D eigenvalue weighted by atomic mass is 9.85. The Kier molecular flexibility index (Phi) is 3.91. The van der Waals surface area contributed by atoms with Crippen molar-refractivity contribution in [3.8, 4) is 0 Å². The van der Waals surface area contributed by atoms with Crippen LogP contribution in [-0.4, -0.2) is 24.2 Å². The third-order valence-corrected chi connectivity index (χ3v) is 3.48. The summed E-state index contributed by atoms with van der Waals surface area (Å²) in [6, 6.07) is 2.70. The molecule has 0 unspecified atom stereocenters. The zero-order valence-corrected chi connectivity index (χ0v) is 11.9. The summed E-state index contributed by atoms with van der Waals surface area (Å²) in [5.41, 5.74) is 2.80. The van der Waals surface area contributed by atoms with Gasteiger partial charge in [-0.05, 0) is 42.4 Å². The molecule has 0 radical (unpaired) electrons. The van der Waals surface area contributed by atoms with Gasteiger partial charge in [-0.1, -0.05) is 20.8 Å². The summed E-state index contributed by atoms with van der Waals surface area (Å²) in [7, 11) is 0. The Morgan fingerprint density at radius 1 is 1.28 bits per heavy atom. The van der Waals surface area contributed by atoms with Crippen molar-refractivity contribution in [2.45, 2.75) is 52.0 Å². The fourth-order valence-corrected chi connectivity index (χ4v) is 2.46. The minimum atomic E-state index is 0.166. The van der Waals surface area contributed by atoms with Crippen LogP contribution < -0.4 is 5.32 Å². The maximum Gasteiger partial charge on any atom is 0.126 e. The standard InChI is InChI=1S/C15H24N2O/c1-11-10-16-14(9-13(11)15(2,3)4)17-12-5-7-18-8-6-12/h9-10,12H,5-8H2,1-4H3,(H,16,17). The average molecular weight is 248 g/mol. The van der Waals surface area contributed by atoms with Crippen LogP contribution in [0.3, 0.4) is 0 Å². The highest BCUT2D eigenvalue weighted by molar-refractivity contribution is 5.44. The van der Waals surface area contributed by atoms with E-state index >= 15 is 0 Å². The van der Waals surface area contributed by atoms with Gasteiger partial charge < -0.3 is 10.1 Å². The van der Waals surface area contributed by atoms with Gasteiger partial charge in [-0.25, -0.2) is 4.98 Å². The van der Waals surface area contributed by atoms with Crippen molar-refractivity contribution in [1.82, 2.24) is 4.98 Å². The van der Waals surface area contributed by atoms with Crippen LogP contribution in [0.5, 0.6) is 0 Å². The lowest BCUT2D eigenvalue weighted by molar-refractivity contribution is 0.0904. The molecule has 1 saturated heterocycles. The number of nitrogens with one attached hydrogen (secondary N) is 1. The van der Waals surface area contributed by atoms with Gasteiger partial charge in [0.05, 0.1) is 0 Å². The summed E-state index contributed by atoms with van der Waals surface area (Å²) in [6.45, 7) is 10.6. The molecule has 3 heteroatoms. The fourth-order valence-electron chi connectivity index (χ4n) is 2.46. The quantitative estimate of drug-likeness (QED) is 0.872. The van der Waals surface area contributed by atoms with Gasteiger partial charge in [0.1, 0.15) is 5.82 Å². The van der Waals surface area contributed by atoms with Crippen LogP contribution in [0.2, 0.25) is 0 Å². The Bertz CT molecular complexity index is 403. The van der Waals surface area contributed by atoms with E-state index in [4.69, 9.17) is 4.74 Å². The first kappa shape index (κ1) is 13.3. The Morgan fingerprint density at radius 3 is 2.56 bits per heavy atom. The molecule has 0 amide bonds. The first-order valence-electron chi connectivity index (χ1n) is 6.78. The molecule has 0 aliphatic carbocycles. The van der Waals surface area contributed by atoms with E-state index < -0.39 is 0 Å². The minimum Gasteiger partial charge on any atom is -0.381 e. The maximum atomic E-state index is 5.37. The fraction of sp³-hybridized carbons (Fsp3) is 0.667. The van der Waals surface area contributed by atoms with Crippen LogP contribution in [-0.2, 0) is 10.2 Å². The van der Waals surface area contributed by atoms with Crippen molar-refractivity contribution in [2.24, 2.45) is 0 Å². The van der Waals surface area contributed by atoms with Gasteiger partial charge in [-0.2, -0.15) is 0 Å². The van der Waals surface area contributed by atoms with Crippen molar-refractivity contribution in [1.29, 1.82) is 0 Å². The normalized spacial score (nSPS) is 17.8. The van der Waals surface area contributed by atoms with E-state index in [0.29, 0.717) is 6.04 Å². The molecule has 1 aliphatic heterocycles. The Labute approximate surface area is 110 Å². The number of aromatic nitrogens is 1. The van der Waals surface area contributed by atoms with E-state index in [1.54, 1.807) is 0 Å². The van der Waals surface area contributed by atoms with Crippen molar-refractivity contribution in [3.63, 3.8) is 0 Å². The van der Waals surface area contributed by atoms with Crippen LogP contribution >= 0.6 is 0 Å². The number of pyridine rings is 1. The number of hydrogen-bond donors (Lipinski definition) is 1. The second kappa shape index (κ2) is 5.27. The molecule has 0 aromatic carbocycles. The first-order valence-corrected chi connectivity index (χ1v) is 6.78. The zero-order valence-electron chi connectivity index (χ0n) is 11.9. The predicted octanol–water partition coefficient (Wildman–Crippen LogP) is 3.28. The largest absolute Gasteiger partial charge is 0.381 e. The summed E-state index contributed by atoms with van der Waals surface area (Å²) in [5.74, 6) is 0.998. The van der Waals surface area contributed by atoms with Crippen LogP contribution in [0.4, 0.5) is 5.82 Å². The summed E-state index contributed by atoms with van der Waals surface area (Å²) < 4.78 is 5.37. The SMILES string of the molecule is Cc1cnc(NC2CCOCC2)cc1C(C)(C)C.